The van der Waals surface area contributed by atoms with E-state index in [1.807, 2.05) is 23.5 Å². The highest BCUT2D eigenvalue weighted by molar-refractivity contribution is 8.15. The van der Waals surface area contributed by atoms with Crippen molar-refractivity contribution in [1.29, 1.82) is 0 Å². The summed E-state index contributed by atoms with van der Waals surface area (Å²) in [6, 6.07) is 29.3. The predicted molar refractivity (Wildman–Crippen MR) is 142 cm³/mol. The molecule has 0 amide bonds. The van der Waals surface area contributed by atoms with Crippen LogP contribution in [0.1, 0.15) is 73.9 Å². The van der Waals surface area contributed by atoms with Gasteiger partial charge in [0, 0.05) is 11.5 Å². The zero-order chi connectivity index (χ0) is 22.5. The normalized spacial score (nSPS) is 12.4. The summed E-state index contributed by atoms with van der Waals surface area (Å²) in [7, 11) is 0. The van der Waals surface area contributed by atoms with Crippen molar-refractivity contribution in [1.82, 2.24) is 0 Å². The van der Waals surface area contributed by atoms with E-state index in [9.17, 15) is 0 Å². The smallest absolute Gasteiger partial charge is 0.0757 e. The molecule has 0 atom stereocenters. The molecule has 31 heavy (non-hydrogen) atoms. The number of hydrogen-bond acceptors (Lipinski definition) is 2. The van der Waals surface area contributed by atoms with Crippen LogP contribution in [0, 0.1) is 0 Å². The average Bonchev–Trinajstić information content (AvgIpc) is 2.74. The highest BCUT2D eigenvalue weighted by Gasteiger charge is 2.16. The first-order valence-corrected chi connectivity index (χ1v) is 13.2. The van der Waals surface area contributed by atoms with Gasteiger partial charge < -0.3 is 0 Å². The van der Waals surface area contributed by atoms with Gasteiger partial charge in [-0.15, -0.1) is 23.5 Å². The largest absolute Gasteiger partial charge is 0.138 e. The fraction of sp³-hybridized carbons (Fsp3) is 0.379. The maximum atomic E-state index is 2.30. The Morgan fingerprint density at radius 1 is 0.548 bits per heavy atom. The van der Waals surface area contributed by atoms with Crippen LogP contribution in [0.5, 0.6) is 0 Å². The Bertz CT molecular complexity index is 866. The standard InChI is InChI=1S/C29H36S2/c1-28(2,3)25-16-12-22(13-17-25)20-30-27(24-10-8-7-9-11-24)31-21-23-14-18-26(19-15-23)29(4,5)6/h7-19,27H,20-21H2,1-6H3. The van der Waals surface area contributed by atoms with Gasteiger partial charge in [-0.1, -0.05) is 120 Å². The number of thioether (sulfide) groups is 2. The van der Waals surface area contributed by atoms with Crippen molar-refractivity contribution in [2.24, 2.45) is 0 Å². The van der Waals surface area contributed by atoms with Crippen LogP contribution in [0.15, 0.2) is 78.9 Å². The van der Waals surface area contributed by atoms with Crippen LogP contribution in [-0.4, -0.2) is 0 Å². The maximum absolute atomic E-state index is 2.30. The number of benzene rings is 3. The molecule has 2 heteroatoms. The molecule has 0 N–H and O–H groups in total. The Kier molecular flexibility index (Phi) is 7.99. The molecule has 0 fully saturated rings. The lowest BCUT2D eigenvalue weighted by atomic mass is 9.87. The van der Waals surface area contributed by atoms with Crippen LogP contribution in [-0.2, 0) is 22.3 Å². The summed E-state index contributed by atoms with van der Waals surface area (Å²) in [5.74, 6) is 2.06. The molecule has 0 aliphatic rings. The van der Waals surface area contributed by atoms with Gasteiger partial charge >= 0.3 is 0 Å². The van der Waals surface area contributed by atoms with Gasteiger partial charge in [0.1, 0.15) is 0 Å². The van der Waals surface area contributed by atoms with E-state index in [4.69, 9.17) is 0 Å². The molecule has 3 rings (SSSR count). The lowest BCUT2D eigenvalue weighted by Crippen LogP contribution is -2.10. The molecule has 0 saturated heterocycles. The predicted octanol–water partition coefficient (Wildman–Crippen LogP) is 9.15. The van der Waals surface area contributed by atoms with Crippen molar-refractivity contribution < 1.29 is 0 Å². The van der Waals surface area contributed by atoms with Crippen LogP contribution in [0.3, 0.4) is 0 Å². The second kappa shape index (κ2) is 10.3. The Morgan fingerprint density at radius 3 is 1.29 bits per heavy atom. The zero-order valence-electron chi connectivity index (χ0n) is 19.8. The highest BCUT2D eigenvalue weighted by atomic mass is 32.2. The Hall–Kier alpha value is -1.64. The molecular formula is C29H36S2. The molecule has 0 bridgehead atoms. The Balaban J connectivity index is 1.66. The minimum Gasteiger partial charge on any atom is -0.138 e. The van der Waals surface area contributed by atoms with E-state index < -0.39 is 0 Å². The van der Waals surface area contributed by atoms with Crippen molar-refractivity contribution in [3.63, 3.8) is 0 Å². The molecule has 0 radical (unpaired) electrons. The summed E-state index contributed by atoms with van der Waals surface area (Å²) < 4.78 is 0.422. The van der Waals surface area contributed by atoms with E-state index in [1.54, 1.807) is 0 Å². The zero-order valence-corrected chi connectivity index (χ0v) is 21.4. The van der Waals surface area contributed by atoms with E-state index in [0.717, 1.165) is 11.5 Å². The molecule has 0 aliphatic heterocycles. The van der Waals surface area contributed by atoms with Gasteiger partial charge in [-0.05, 0) is 38.6 Å². The molecule has 0 aliphatic carbocycles. The maximum Gasteiger partial charge on any atom is 0.0757 e. The van der Waals surface area contributed by atoms with E-state index in [0.29, 0.717) is 4.58 Å². The highest BCUT2D eigenvalue weighted by Crippen LogP contribution is 2.42. The minimum absolute atomic E-state index is 0.205. The quantitative estimate of drug-likeness (QED) is 0.330. The van der Waals surface area contributed by atoms with Crippen LogP contribution >= 0.6 is 23.5 Å². The molecule has 164 valence electrons. The molecule has 3 aromatic carbocycles. The molecule has 0 heterocycles. The van der Waals surface area contributed by atoms with Gasteiger partial charge in [0.2, 0.25) is 0 Å². The van der Waals surface area contributed by atoms with Crippen molar-refractivity contribution in [3.8, 4) is 0 Å². The summed E-state index contributed by atoms with van der Waals surface area (Å²) in [6.07, 6.45) is 0. The molecule has 0 spiro atoms. The van der Waals surface area contributed by atoms with Crippen LogP contribution in [0.4, 0.5) is 0 Å². The topological polar surface area (TPSA) is 0 Å². The van der Waals surface area contributed by atoms with E-state index in [1.165, 1.54) is 27.8 Å². The Morgan fingerprint density at radius 2 is 0.935 bits per heavy atom. The fourth-order valence-corrected chi connectivity index (χ4v) is 5.96. The van der Waals surface area contributed by atoms with E-state index in [-0.39, 0.29) is 10.8 Å². The Labute approximate surface area is 198 Å². The van der Waals surface area contributed by atoms with Gasteiger partial charge in [-0.25, -0.2) is 0 Å². The monoisotopic (exact) mass is 448 g/mol. The first-order valence-electron chi connectivity index (χ1n) is 11.1. The third-order valence-corrected chi connectivity index (χ3v) is 8.48. The molecular weight excluding hydrogens is 412 g/mol. The van der Waals surface area contributed by atoms with Crippen molar-refractivity contribution in [2.45, 2.75) is 68.5 Å². The third-order valence-electron chi connectivity index (χ3n) is 5.51. The van der Waals surface area contributed by atoms with Gasteiger partial charge in [0.15, 0.2) is 0 Å². The minimum atomic E-state index is 0.205. The fourth-order valence-electron chi connectivity index (χ4n) is 3.40. The second-order valence-electron chi connectivity index (χ2n) is 10.3. The lowest BCUT2D eigenvalue weighted by molar-refractivity contribution is 0.590. The van der Waals surface area contributed by atoms with Crippen molar-refractivity contribution in [2.75, 3.05) is 0 Å². The average molecular weight is 449 g/mol. The summed E-state index contributed by atoms with van der Waals surface area (Å²) in [6.45, 7) is 13.6. The third kappa shape index (κ3) is 7.19. The van der Waals surface area contributed by atoms with Crippen molar-refractivity contribution in [3.05, 3.63) is 107 Å². The lowest BCUT2D eigenvalue weighted by Gasteiger charge is -2.21. The van der Waals surface area contributed by atoms with E-state index >= 15 is 0 Å². The van der Waals surface area contributed by atoms with Gasteiger partial charge in [-0.2, -0.15) is 0 Å². The van der Waals surface area contributed by atoms with Gasteiger partial charge in [0.25, 0.3) is 0 Å². The molecule has 0 saturated carbocycles. The SMILES string of the molecule is CC(C)(C)c1ccc(CSC(SCc2ccc(C(C)(C)C)cc2)c2ccccc2)cc1. The number of rotatable bonds is 7. The summed E-state index contributed by atoms with van der Waals surface area (Å²) >= 11 is 4.06. The van der Waals surface area contributed by atoms with Gasteiger partial charge in [0.05, 0.1) is 4.58 Å². The first kappa shape index (κ1) is 24.0. The molecule has 0 aromatic heterocycles. The summed E-state index contributed by atoms with van der Waals surface area (Å²) in [5, 5.41) is 0. The van der Waals surface area contributed by atoms with Crippen LogP contribution in [0.2, 0.25) is 0 Å². The first-order chi connectivity index (χ1) is 14.6. The van der Waals surface area contributed by atoms with E-state index in [2.05, 4.69) is 120 Å². The van der Waals surface area contributed by atoms with Crippen molar-refractivity contribution >= 4 is 23.5 Å². The second-order valence-corrected chi connectivity index (χ2v) is 12.7. The molecule has 0 nitrogen and oxygen atoms in total. The van der Waals surface area contributed by atoms with Crippen LogP contribution < -0.4 is 0 Å². The molecule has 3 aromatic rings. The number of hydrogen-bond donors (Lipinski definition) is 0. The summed E-state index contributed by atoms with van der Waals surface area (Å²) in [5.41, 5.74) is 7.40. The van der Waals surface area contributed by atoms with Crippen LogP contribution in [0.25, 0.3) is 0 Å². The summed E-state index contributed by atoms with van der Waals surface area (Å²) in [4.78, 5) is 0. The molecule has 0 unspecified atom stereocenters. The van der Waals surface area contributed by atoms with Gasteiger partial charge in [-0.3, -0.25) is 0 Å².